The zero-order valence-corrected chi connectivity index (χ0v) is 18.5. The fraction of sp³-hybridized carbons (Fsp3) is 0.231. The molecule has 0 aliphatic carbocycles. The number of carbonyl (C=O) groups is 1. The van der Waals surface area contributed by atoms with Crippen molar-refractivity contribution >= 4 is 17.4 Å². The van der Waals surface area contributed by atoms with E-state index < -0.39 is 5.82 Å². The molecule has 2 aliphatic rings. The van der Waals surface area contributed by atoms with Crippen molar-refractivity contribution < 1.29 is 18.7 Å². The van der Waals surface area contributed by atoms with E-state index >= 15 is 0 Å². The number of ether oxygens (including phenoxy) is 2. The number of hydrogen-bond acceptors (Lipinski definition) is 5. The summed E-state index contributed by atoms with van der Waals surface area (Å²) in [5.41, 5.74) is 1.69. The number of amidine groups is 1. The Labute approximate surface area is 191 Å². The quantitative estimate of drug-likeness (QED) is 0.565. The van der Waals surface area contributed by atoms with Gasteiger partial charge in [0.1, 0.15) is 28.8 Å². The van der Waals surface area contributed by atoms with Gasteiger partial charge in [-0.15, -0.1) is 0 Å². The average molecular weight is 445 g/mol. The molecule has 0 saturated carbocycles. The number of nitrogens with zero attached hydrogens (tertiary/aromatic N) is 3. The van der Waals surface area contributed by atoms with Crippen LogP contribution in [0.2, 0.25) is 0 Å². The highest BCUT2D eigenvalue weighted by atomic mass is 19.1. The molecule has 0 spiro atoms. The van der Waals surface area contributed by atoms with Gasteiger partial charge in [-0.2, -0.15) is 0 Å². The first-order valence-corrected chi connectivity index (χ1v) is 10.9. The zero-order chi connectivity index (χ0) is 22.9. The molecule has 168 valence electrons. The maximum atomic E-state index is 14.2. The minimum absolute atomic E-state index is 0.101. The van der Waals surface area contributed by atoms with Crippen LogP contribution in [0.4, 0.5) is 10.1 Å². The molecule has 7 heteroatoms. The summed E-state index contributed by atoms with van der Waals surface area (Å²) in [5.74, 6) is 2.02. The predicted octanol–water partition coefficient (Wildman–Crippen LogP) is 4.86. The Morgan fingerprint density at radius 2 is 1.85 bits per heavy atom. The van der Waals surface area contributed by atoms with Gasteiger partial charge in [0, 0.05) is 31.7 Å². The van der Waals surface area contributed by atoms with Gasteiger partial charge in [0.2, 0.25) is 0 Å². The van der Waals surface area contributed by atoms with Crippen molar-refractivity contribution in [3.05, 3.63) is 83.7 Å². The van der Waals surface area contributed by atoms with Crippen molar-refractivity contribution in [2.45, 2.75) is 13.0 Å². The third-order valence-corrected chi connectivity index (χ3v) is 6.03. The number of hydrogen-bond donors (Lipinski definition) is 0. The second-order valence-electron chi connectivity index (χ2n) is 8.14. The first-order chi connectivity index (χ1) is 16.0. The van der Waals surface area contributed by atoms with E-state index in [1.807, 2.05) is 49.4 Å². The van der Waals surface area contributed by atoms with Crippen molar-refractivity contribution in [1.29, 1.82) is 0 Å². The van der Waals surface area contributed by atoms with Crippen molar-refractivity contribution in [2.75, 3.05) is 26.7 Å². The highest BCUT2D eigenvalue weighted by Crippen LogP contribution is 2.39. The van der Waals surface area contributed by atoms with Crippen LogP contribution >= 0.6 is 0 Å². The Balaban J connectivity index is 1.46. The summed E-state index contributed by atoms with van der Waals surface area (Å²) in [7, 11) is 1.62. The number of aliphatic imine (C=N–C) groups is 1. The Morgan fingerprint density at radius 3 is 2.64 bits per heavy atom. The average Bonchev–Trinajstić information content (AvgIpc) is 3.00. The van der Waals surface area contributed by atoms with Crippen molar-refractivity contribution in [1.82, 2.24) is 9.80 Å². The van der Waals surface area contributed by atoms with Gasteiger partial charge in [-0.25, -0.2) is 9.38 Å². The largest absolute Gasteiger partial charge is 0.497 e. The van der Waals surface area contributed by atoms with Crippen LogP contribution in [0.1, 0.15) is 22.8 Å². The SMILES string of the molecule is COc1ccc2c(c1)Oc1ccccc1N=C2N1CCN(C(=O)c2ccccc2F)C(C)C1. The van der Waals surface area contributed by atoms with E-state index in [1.165, 1.54) is 12.1 Å². The third kappa shape index (κ3) is 3.91. The van der Waals surface area contributed by atoms with Crippen LogP contribution in [0, 0.1) is 5.82 Å². The van der Waals surface area contributed by atoms with Gasteiger partial charge in [-0.3, -0.25) is 4.79 Å². The summed E-state index contributed by atoms with van der Waals surface area (Å²) in [6, 6.07) is 19.3. The monoisotopic (exact) mass is 445 g/mol. The second-order valence-corrected chi connectivity index (χ2v) is 8.14. The van der Waals surface area contributed by atoms with Gasteiger partial charge in [-0.1, -0.05) is 24.3 Å². The molecule has 1 fully saturated rings. The number of amides is 1. The highest BCUT2D eigenvalue weighted by molar-refractivity contribution is 6.04. The molecule has 1 unspecified atom stereocenters. The number of halogens is 1. The Hall–Kier alpha value is -3.87. The van der Waals surface area contributed by atoms with Gasteiger partial charge in [-0.05, 0) is 43.3 Å². The van der Waals surface area contributed by atoms with Crippen LogP contribution in [-0.2, 0) is 0 Å². The van der Waals surface area contributed by atoms with E-state index in [4.69, 9.17) is 14.5 Å². The van der Waals surface area contributed by atoms with E-state index in [9.17, 15) is 9.18 Å². The molecule has 33 heavy (non-hydrogen) atoms. The Bertz CT molecular complexity index is 1240. The molecule has 3 aromatic carbocycles. The first kappa shape index (κ1) is 21.0. The zero-order valence-electron chi connectivity index (χ0n) is 18.5. The number of carbonyl (C=O) groups excluding carboxylic acids is 1. The molecule has 2 heterocycles. The molecule has 1 atom stereocenters. The number of methoxy groups -OCH3 is 1. The normalized spacial score (nSPS) is 17.3. The molecule has 1 amide bonds. The lowest BCUT2D eigenvalue weighted by Crippen LogP contribution is -2.55. The van der Waals surface area contributed by atoms with Gasteiger partial charge in [0.15, 0.2) is 5.75 Å². The minimum Gasteiger partial charge on any atom is -0.497 e. The minimum atomic E-state index is -0.498. The van der Waals surface area contributed by atoms with E-state index in [-0.39, 0.29) is 17.5 Å². The summed E-state index contributed by atoms with van der Waals surface area (Å²) < 4.78 is 25.8. The van der Waals surface area contributed by atoms with Gasteiger partial charge < -0.3 is 19.3 Å². The predicted molar refractivity (Wildman–Crippen MR) is 124 cm³/mol. The number of rotatable bonds is 2. The van der Waals surface area contributed by atoms with E-state index in [2.05, 4.69) is 4.90 Å². The van der Waals surface area contributed by atoms with Crippen molar-refractivity contribution in [2.24, 2.45) is 4.99 Å². The number of para-hydroxylation sites is 2. The molecule has 5 rings (SSSR count). The summed E-state index contributed by atoms with van der Waals surface area (Å²) in [6.45, 7) is 3.56. The van der Waals surface area contributed by atoms with E-state index in [0.717, 1.165) is 17.1 Å². The van der Waals surface area contributed by atoms with Crippen LogP contribution in [0.25, 0.3) is 0 Å². The molecule has 0 aromatic heterocycles. The second kappa shape index (κ2) is 8.58. The molecule has 6 nitrogen and oxygen atoms in total. The number of fused-ring (bicyclic) bond motifs is 2. The molecular weight excluding hydrogens is 421 g/mol. The maximum Gasteiger partial charge on any atom is 0.257 e. The molecule has 0 N–H and O–H groups in total. The summed E-state index contributed by atoms with van der Waals surface area (Å²) >= 11 is 0. The number of piperazine rings is 1. The van der Waals surface area contributed by atoms with Crippen LogP contribution < -0.4 is 9.47 Å². The van der Waals surface area contributed by atoms with Crippen LogP contribution in [0.3, 0.4) is 0 Å². The maximum absolute atomic E-state index is 14.2. The van der Waals surface area contributed by atoms with E-state index in [1.54, 1.807) is 24.1 Å². The standard InChI is InChI=1S/C26H24FN3O3/c1-17-16-29(13-14-30(17)26(31)19-7-3-4-8-21(19)27)25-20-12-11-18(32-2)15-24(20)33-23-10-6-5-9-22(23)28-25/h3-12,15,17H,13-14,16H2,1-2H3. The smallest absolute Gasteiger partial charge is 0.257 e. The lowest BCUT2D eigenvalue weighted by atomic mass is 10.1. The van der Waals surface area contributed by atoms with Gasteiger partial charge >= 0.3 is 0 Å². The van der Waals surface area contributed by atoms with E-state index in [0.29, 0.717) is 36.9 Å². The first-order valence-electron chi connectivity index (χ1n) is 10.9. The molecule has 3 aromatic rings. The molecule has 2 aliphatic heterocycles. The lowest BCUT2D eigenvalue weighted by molar-refractivity contribution is 0.0576. The molecule has 0 radical (unpaired) electrons. The third-order valence-electron chi connectivity index (χ3n) is 6.03. The van der Waals surface area contributed by atoms with Gasteiger partial charge in [0.05, 0.1) is 18.2 Å². The Kier molecular flexibility index (Phi) is 5.46. The van der Waals surface area contributed by atoms with Crippen LogP contribution in [0.15, 0.2) is 71.7 Å². The van der Waals surface area contributed by atoms with Gasteiger partial charge in [0.25, 0.3) is 5.91 Å². The van der Waals surface area contributed by atoms with Crippen molar-refractivity contribution in [3.8, 4) is 17.2 Å². The fourth-order valence-corrected chi connectivity index (χ4v) is 4.31. The molecule has 0 bridgehead atoms. The van der Waals surface area contributed by atoms with Crippen LogP contribution in [-0.4, -0.2) is 54.3 Å². The summed E-state index contributed by atoms with van der Waals surface area (Å²) in [5, 5.41) is 0. The van der Waals surface area contributed by atoms with Crippen LogP contribution in [0.5, 0.6) is 17.2 Å². The fourth-order valence-electron chi connectivity index (χ4n) is 4.31. The Morgan fingerprint density at radius 1 is 1.06 bits per heavy atom. The van der Waals surface area contributed by atoms with Crippen molar-refractivity contribution in [3.63, 3.8) is 0 Å². The summed E-state index contributed by atoms with van der Waals surface area (Å²) in [6.07, 6.45) is 0. The number of benzene rings is 3. The molecule has 1 saturated heterocycles. The molecular formula is C26H24FN3O3. The summed E-state index contributed by atoms with van der Waals surface area (Å²) in [4.78, 5) is 21.8. The lowest BCUT2D eigenvalue weighted by Gasteiger charge is -2.41. The highest BCUT2D eigenvalue weighted by Gasteiger charge is 2.32. The topological polar surface area (TPSA) is 54.4 Å².